The standard InChI is InChI=1S/C10H14O/c1-2-3-4-5-6-7-8-9-10-11/h11H,4-6,9-10H2,1H3. The van der Waals surface area contributed by atoms with Gasteiger partial charge in [-0.1, -0.05) is 0 Å². The Kier molecular flexibility index (Phi) is 8.32. The van der Waals surface area contributed by atoms with E-state index in [1.807, 2.05) is 6.92 Å². The summed E-state index contributed by atoms with van der Waals surface area (Å²) in [6.07, 6.45) is 3.47. The van der Waals surface area contributed by atoms with Gasteiger partial charge in [-0.2, -0.15) is 0 Å². The van der Waals surface area contributed by atoms with E-state index in [9.17, 15) is 0 Å². The van der Waals surface area contributed by atoms with Crippen LogP contribution >= 0.6 is 0 Å². The van der Waals surface area contributed by atoms with Crippen molar-refractivity contribution in [1.29, 1.82) is 0 Å². The van der Waals surface area contributed by atoms with Gasteiger partial charge in [0.2, 0.25) is 0 Å². The molecule has 0 amide bonds. The Morgan fingerprint density at radius 3 is 2.27 bits per heavy atom. The Labute approximate surface area is 68.8 Å². The van der Waals surface area contributed by atoms with Crippen LogP contribution in [0.15, 0.2) is 0 Å². The van der Waals surface area contributed by atoms with E-state index in [2.05, 4.69) is 23.7 Å². The Balaban J connectivity index is 3.13. The predicted octanol–water partition coefficient (Wildman–Crippen LogP) is 1.57. The maximum atomic E-state index is 8.38. The first kappa shape index (κ1) is 10.1. The molecule has 0 atom stereocenters. The number of rotatable bonds is 3. The first-order valence-electron chi connectivity index (χ1n) is 3.88. The van der Waals surface area contributed by atoms with Gasteiger partial charge in [-0.05, 0) is 13.3 Å². The summed E-state index contributed by atoms with van der Waals surface area (Å²) in [7, 11) is 0. The van der Waals surface area contributed by atoms with Crippen LogP contribution in [0.25, 0.3) is 0 Å². The van der Waals surface area contributed by atoms with Crippen molar-refractivity contribution in [3.63, 3.8) is 0 Å². The Bertz CT molecular complexity index is 184. The van der Waals surface area contributed by atoms with Crippen LogP contribution in [0.3, 0.4) is 0 Å². The summed E-state index contributed by atoms with van der Waals surface area (Å²) in [5.74, 6) is 11.6. The molecule has 0 spiro atoms. The van der Waals surface area contributed by atoms with Crippen molar-refractivity contribution in [2.45, 2.75) is 32.6 Å². The van der Waals surface area contributed by atoms with Gasteiger partial charge in [-0.15, -0.1) is 23.7 Å². The summed E-state index contributed by atoms with van der Waals surface area (Å²) in [5.41, 5.74) is 0. The molecule has 60 valence electrons. The molecule has 0 saturated carbocycles. The molecule has 0 aromatic carbocycles. The van der Waals surface area contributed by atoms with E-state index in [0.717, 1.165) is 19.3 Å². The molecule has 0 aromatic heterocycles. The first-order chi connectivity index (χ1) is 5.41. The second kappa shape index (κ2) is 9.08. The summed E-state index contributed by atoms with van der Waals surface area (Å²) in [4.78, 5) is 0. The third-order valence-electron chi connectivity index (χ3n) is 1.14. The molecule has 0 saturated heterocycles. The zero-order valence-electron chi connectivity index (χ0n) is 6.98. The number of hydrogen-bond acceptors (Lipinski definition) is 1. The van der Waals surface area contributed by atoms with Crippen molar-refractivity contribution in [1.82, 2.24) is 0 Å². The topological polar surface area (TPSA) is 20.2 Å². The minimum absolute atomic E-state index is 0.168. The number of unbranched alkanes of at least 4 members (excludes halogenated alkanes) is 2. The van der Waals surface area contributed by atoms with Crippen molar-refractivity contribution < 1.29 is 5.11 Å². The van der Waals surface area contributed by atoms with E-state index in [0.29, 0.717) is 6.42 Å². The van der Waals surface area contributed by atoms with Crippen molar-refractivity contribution in [3.8, 4) is 23.7 Å². The van der Waals surface area contributed by atoms with E-state index in [1.165, 1.54) is 0 Å². The summed E-state index contributed by atoms with van der Waals surface area (Å²) in [5, 5.41) is 8.38. The molecule has 0 aromatic rings. The van der Waals surface area contributed by atoms with E-state index >= 15 is 0 Å². The van der Waals surface area contributed by atoms with E-state index in [-0.39, 0.29) is 6.61 Å². The van der Waals surface area contributed by atoms with Crippen molar-refractivity contribution in [3.05, 3.63) is 0 Å². The molecular weight excluding hydrogens is 136 g/mol. The van der Waals surface area contributed by atoms with Gasteiger partial charge >= 0.3 is 0 Å². The monoisotopic (exact) mass is 150 g/mol. The zero-order chi connectivity index (χ0) is 8.36. The lowest BCUT2D eigenvalue weighted by atomic mass is 10.2. The second-order valence-corrected chi connectivity index (χ2v) is 2.11. The second-order valence-electron chi connectivity index (χ2n) is 2.11. The third kappa shape index (κ3) is 9.08. The molecular formula is C10H14O. The molecule has 0 radical (unpaired) electrons. The van der Waals surface area contributed by atoms with Crippen LogP contribution in [-0.4, -0.2) is 11.7 Å². The molecule has 1 nitrogen and oxygen atoms in total. The van der Waals surface area contributed by atoms with Gasteiger partial charge in [0.1, 0.15) is 0 Å². The summed E-state index contributed by atoms with van der Waals surface area (Å²) in [6, 6.07) is 0. The predicted molar refractivity (Wildman–Crippen MR) is 46.8 cm³/mol. The molecule has 0 unspecified atom stereocenters. The van der Waals surface area contributed by atoms with Crippen molar-refractivity contribution in [2.24, 2.45) is 0 Å². The quantitative estimate of drug-likeness (QED) is 0.478. The normalized spacial score (nSPS) is 7.45. The summed E-state index contributed by atoms with van der Waals surface area (Å²) in [6.45, 7) is 2.01. The lowest BCUT2D eigenvalue weighted by Gasteiger charge is -1.83. The van der Waals surface area contributed by atoms with Crippen LogP contribution in [0.4, 0.5) is 0 Å². The van der Waals surface area contributed by atoms with Crippen molar-refractivity contribution >= 4 is 0 Å². The average molecular weight is 150 g/mol. The molecule has 0 heterocycles. The Morgan fingerprint density at radius 1 is 1.00 bits per heavy atom. The molecule has 11 heavy (non-hydrogen) atoms. The Hall–Kier alpha value is -0.920. The highest BCUT2D eigenvalue weighted by Crippen LogP contribution is 1.91. The van der Waals surface area contributed by atoms with Crippen LogP contribution in [0.5, 0.6) is 0 Å². The van der Waals surface area contributed by atoms with Crippen LogP contribution in [0.2, 0.25) is 0 Å². The van der Waals surface area contributed by atoms with E-state index in [4.69, 9.17) is 5.11 Å². The van der Waals surface area contributed by atoms with E-state index in [1.54, 1.807) is 0 Å². The van der Waals surface area contributed by atoms with Crippen LogP contribution < -0.4 is 0 Å². The average Bonchev–Trinajstić information content (AvgIpc) is 2.03. The molecule has 0 aliphatic heterocycles. The molecule has 1 N–H and O–H groups in total. The smallest absolute Gasteiger partial charge is 0.0540 e. The minimum atomic E-state index is 0.168. The molecule has 0 aliphatic rings. The number of hydrogen-bond donors (Lipinski definition) is 1. The van der Waals surface area contributed by atoms with Gasteiger partial charge in [-0.3, -0.25) is 0 Å². The fourth-order valence-electron chi connectivity index (χ4n) is 0.623. The summed E-state index contributed by atoms with van der Waals surface area (Å²) < 4.78 is 0. The fraction of sp³-hybridized carbons (Fsp3) is 0.600. The van der Waals surface area contributed by atoms with Crippen LogP contribution in [-0.2, 0) is 0 Å². The fourth-order valence-corrected chi connectivity index (χ4v) is 0.623. The lowest BCUT2D eigenvalue weighted by Crippen LogP contribution is -1.76. The van der Waals surface area contributed by atoms with Crippen molar-refractivity contribution in [2.75, 3.05) is 6.61 Å². The molecule has 0 aliphatic carbocycles. The Morgan fingerprint density at radius 2 is 1.64 bits per heavy atom. The molecule has 1 heteroatoms. The van der Waals surface area contributed by atoms with Crippen LogP contribution in [0.1, 0.15) is 32.6 Å². The van der Waals surface area contributed by atoms with Gasteiger partial charge < -0.3 is 5.11 Å². The van der Waals surface area contributed by atoms with Crippen LogP contribution in [0, 0.1) is 23.7 Å². The van der Waals surface area contributed by atoms with Gasteiger partial charge in [-0.25, -0.2) is 0 Å². The molecule has 0 rings (SSSR count). The van der Waals surface area contributed by atoms with E-state index < -0.39 is 0 Å². The number of aliphatic hydroxyl groups is 1. The first-order valence-corrected chi connectivity index (χ1v) is 3.88. The SMILES string of the molecule is CC#CCCCC#CCCO. The zero-order valence-corrected chi connectivity index (χ0v) is 6.98. The lowest BCUT2D eigenvalue weighted by molar-refractivity contribution is 0.305. The maximum absolute atomic E-state index is 8.38. The number of aliphatic hydroxyl groups excluding tert-OH is 1. The maximum Gasteiger partial charge on any atom is 0.0540 e. The highest BCUT2D eigenvalue weighted by Gasteiger charge is 1.78. The molecule has 0 bridgehead atoms. The van der Waals surface area contributed by atoms with Gasteiger partial charge in [0, 0.05) is 19.3 Å². The highest BCUT2D eigenvalue weighted by molar-refractivity contribution is 5.00. The van der Waals surface area contributed by atoms with Gasteiger partial charge in [0.05, 0.1) is 6.61 Å². The summed E-state index contributed by atoms with van der Waals surface area (Å²) >= 11 is 0. The highest BCUT2D eigenvalue weighted by atomic mass is 16.2. The van der Waals surface area contributed by atoms with Gasteiger partial charge in [0.15, 0.2) is 0 Å². The third-order valence-corrected chi connectivity index (χ3v) is 1.14. The largest absolute Gasteiger partial charge is 0.395 e. The van der Waals surface area contributed by atoms with Gasteiger partial charge in [0.25, 0.3) is 0 Å². The molecule has 0 fully saturated rings. The minimum Gasteiger partial charge on any atom is -0.395 e.